The first kappa shape index (κ1) is 19.8. The van der Waals surface area contributed by atoms with E-state index in [9.17, 15) is 4.39 Å². The molecule has 1 saturated heterocycles. The highest BCUT2D eigenvalue weighted by Crippen LogP contribution is 2.36. The summed E-state index contributed by atoms with van der Waals surface area (Å²) in [6, 6.07) is 4.87. The van der Waals surface area contributed by atoms with E-state index in [1.807, 2.05) is 33.8 Å². The molecule has 2 fully saturated rings. The summed E-state index contributed by atoms with van der Waals surface area (Å²) in [4.78, 5) is 2.19. The summed E-state index contributed by atoms with van der Waals surface area (Å²) in [6.45, 7) is 11.2. The largest absolute Gasteiger partial charge is 0.495 e. The Morgan fingerprint density at radius 1 is 1.19 bits per heavy atom. The van der Waals surface area contributed by atoms with Crippen molar-refractivity contribution in [2.24, 2.45) is 5.92 Å². The molecule has 1 aromatic rings. The van der Waals surface area contributed by atoms with Gasteiger partial charge in [0.05, 0.1) is 17.8 Å². The van der Waals surface area contributed by atoms with Crippen molar-refractivity contribution < 1.29 is 18.4 Å². The van der Waals surface area contributed by atoms with E-state index >= 15 is 0 Å². The molecule has 26 heavy (non-hydrogen) atoms. The van der Waals surface area contributed by atoms with Crippen molar-refractivity contribution in [2.45, 2.75) is 58.3 Å². The van der Waals surface area contributed by atoms with Crippen molar-refractivity contribution >= 4 is 12.6 Å². The highest BCUT2D eigenvalue weighted by atomic mass is 19.1. The predicted molar refractivity (Wildman–Crippen MR) is 102 cm³/mol. The molecule has 0 radical (unpaired) electrons. The molecule has 0 aromatic heterocycles. The second kappa shape index (κ2) is 7.59. The van der Waals surface area contributed by atoms with Gasteiger partial charge in [-0.05, 0) is 76.7 Å². The van der Waals surface area contributed by atoms with E-state index in [-0.39, 0.29) is 5.82 Å². The predicted octanol–water partition coefficient (Wildman–Crippen LogP) is 2.98. The number of rotatable bonds is 8. The van der Waals surface area contributed by atoms with Crippen molar-refractivity contribution in [1.82, 2.24) is 4.90 Å². The maximum Gasteiger partial charge on any atom is 0.495 e. The Balaban J connectivity index is 1.64. The molecule has 1 aliphatic heterocycles. The molecule has 6 heteroatoms. The lowest BCUT2D eigenvalue weighted by molar-refractivity contribution is 0.00578. The van der Waals surface area contributed by atoms with E-state index < -0.39 is 18.3 Å². The zero-order chi connectivity index (χ0) is 18.9. The van der Waals surface area contributed by atoms with Crippen LogP contribution in [-0.4, -0.2) is 50.0 Å². The maximum atomic E-state index is 13.9. The summed E-state index contributed by atoms with van der Waals surface area (Å²) < 4.78 is 31.9. The van der Waals surface area contributed by atoms with Crippen LogP contribution in [0.5, 0.6) is 0 Å². The van der Waals surface area contributed by atoms with Crippen LogP contribution < -0.4 is 5.46 Å². The number of hydrogen-bond donors (Lipinski definition) is 0. The Morgan fingerprint density at radius 3 is 2.46 bits per heavy atom. The second-order valence-electron chi connectivity index (χ2n) is 8.69. The first-order chi connectivity index (χ1) is 12.2. The van der Waals surface area contributed by atoms with Crippen LogP contribution in [0.1, 0.15) is 46.1 Å². The molecule has 0 spiro atoms. The van der Waals surface area contributed by atoms with E-state index in [0.29, 0.717) is 6.54 Å². The molecule has 0 N–H and O–H groups in total. The molecule has 1 aromatic carbocycles. The first-order valence-electron chi connectivity index (χ1n) is 9.58. The van der Waals surface area contributed by atoms with Crippen molar-refractivity contribution in [3.8, 4) is 0 Å². The number of benzene rings is 1. The van der Waals surface area contributed by atoms with Gasteiger partial charge in [0.1, 0.15) is 5.82 Å². The first-order valence-corrected chi connectivity index (χ1v) is 9.58. The summed E-state index contributed by atoms with van der Waals surface area (Å²) >= 11 is 0. The fourth-order valence-electron chi connectivity index (χ4n) is 3.02. The molecule has 0 amide bonds. The molecule has 1 saturated carbocycles. The third-order valence-corrected chi connectivity index (χ3v) is 5.72. The Labute approximate surface area is 157 Å². The summed E-state index contributed by atoms with van der Waals surface area (Å²) in [5, 5.41) is 0. The van der Waals surface area contributed by atoms with Gasteiger partial charge in [-0.3, -0.25) is 4.90 Å². The Bertz CT molecular complexity index is 617. The topological polar surface area (TPSA) is 30.9 Å². The summed E-state index contributed by atoms with van der Waals surface area (Å²) in [5.41, 5.74) is 0.914. The average molecular weight is 363 g/mol. The molecule has 0 atom stereocenters. The third-order valence-electron chi connectivity index (χ3n) is 5.72. The lowest BCUT2D eigenvalue weighted by Gasteiger charge is -2.32. The molecule has 4 nitrogen and oxygen atoms in total. The standard InChI is InChI=1S/C20H31BFNO3/c1-19(2)20(3,4)26-21(25-19)18-12-17(22)9-8-16(18)13-23(5)10-11-24-14-15-6-7-15/h8-9,12,15H,6-7,10-11,13-14H2,1-5H3. The Kier molecular flexibility index (Phi) is 5.78. The second-order valence-corrected chi connectivity index (χ2v) is 8.69. The molecule has 1 heterocycles. The Morgan fingerprint density at radius 2 is 1.85 bits per heavy atom. The zero-order valence-electron chi connectivity index (χ0n) is 16.7. The van der Waals surface area contributed by atoms with E-state index in [1.165, 1.54) is 25.0 Å². The molecule has 144 valence electrons. The van der Waals surface area contributed by atoms with Crippen molar-refractivity contribution in [3.05, 3.63) is 29.6 Å². The summed E-state index contributed by atoms with van der Waals surface area (Å²) in [5.74, 6) is 0.515. The van der Waals surface area contributed by atoms with E-state index in [4.69, 9.17) is 14.0 Å². The number of hydrogen-bond acceptors (Lipinski definition) is 4. The fourth-order valence-corrected chi connectivity index (χ4v) is 3.02. The molecular formula is C20H31BFNO3. The minimum absolute atomic E-state index is 0.270. The Hall–Kier alpha value is -0.945. The minimum atomic E-state index is -0.551. The van der Waals surface area contributed by atoms with Crippen LogP contribution in [0.2, 0.25) is 0 Å². The molecular weight excluding hydrogens is 332 g/mol. The molecule has 0 bridgehead atoms. The van der Waals surface area contributed by atoms with Crippen molar-refractivity contribution in [2.75, 3.05) is 26.8 Å². The van der Waals surface area contributed by atoms with Crippen molar-refractivity contribution in [1.29, 1.82) is 0 Å². The van der Waals surface area contributed by atoms with Crippen LogP contribution in [0.4, 0.5) is 4.39 Å². The monoisotopic (exact) mass is 363 g/mol. The van der Waals surface area contributed by atoms with Crippen LogP contribution in [0.25, 0.3) is 0 Å². The number of ether oxygens (including phenoxy) is 1. The maximum absolute atomic E-state index is 13.9. The van der Waals surface area contributed by atoms with Crippen LogP contribution in [0.15, 0.2) is 18.2 Å². The van der Waals surface area contributed by atoms with Gasteiger partial charge < -0.3 is 14.0 Å². The molecule has 1 aliphatic carbocycles. The minimum Gasteiger partial charge on any atom is -0.399 e. The van der Waals surface area contributed by atoms with Crippen molar-refractivity contribution in [3.63, 3.8) is 0 Å². The van der Waals surface area contributed by atoms with E-state index in [2.05, 4.69) is 11.9 Å². The number of nitrogens with zero attached hydrogens (tertiary/aromatic N) is 1. The van der Waals surface area contributed by atoms with Crippen LogP contribution in [0, 0.1) is 11.7 Å². The van der Waals surface area contributed by atoms with Crippen LogP contribution in [-0.2, 0) is 20.6 Å². The van der Waals surface area contributed by atoms with Gasteiger partial charge >= 0.3 is 7.12 Å². The lowest BCUT2D eigenvalue weighted by atomic mass is 9.75. The van der Waals surface area contributed by atoms with Gasteiger partial charge in [-0.2, -0.15) is 0 Å². The van der Waals surface area contributed by atoms with Gasteiger partial charge in [-0.15, -0.1) is 0 Å². The third kappa shape index (κ3) is 4.66. The highest BCUT2D eigenvalue weighted by Gasteiger charge is 2.52. The normalized spacial score (nSPS) is 21.6. The number of halogens is 1. The van der Waals surface area contributed by atoms with Gasteiger partial charge in [0.25, 0.3) is 0 Å². The highest BCUT2D eigenvalue weighted by molar-refractivity contribution is 6.62. The molecule has 0 unspecified atom stereocenters. The van der Waals surface area contributed by atoms with Crippen LogP contribution in [0.3, 0.4) is 0 Å². The molecule has 2 aliphatic rings. The van der Waals surface area contributed by atoms with Crippen LogP contribution >= 0.6 is 0 Å². The smallest absolute Gasteiger partial charge is 0.399 e. The quantitative estimate of drug-likeness (QED) is 0.525. The fraction of sp³-hybridized carbons (Fsp3) is 0.700. The van der Waals surface area contributed by atoms with Gasteiger partial charge in [-0.1, -0.05) is 6.07 Å². The summed E-state index contributed by atoms with van der Waals surface area (Å²) in [6.07, 6.45) is 2.62. The van der Waals surface area contributed by atoms with E-state index in [0.717, 1.165) is 36.7 Å². The number of likely N-dealkylation sites (N-methyl/N-ethyl adjacent to an activating group) is 1. The molecule has 3 rings (SSSR count). The van der Waals surface area contributed by atoms with Gasteiger partial charge in [0.15, 0.2) is 0 Å². The SMILES string of the molecule is CN(CCOCC1CC1)Cc1ccc(F)cc1B1OC(C)(C)C(C)(C)O1. The summed E-state index contributed by atoms with van der Waals surface area (Å²) in [7, 11) is 1.50. The van der Waals surface area contributed by atoms with E-state index in [1.54, 1.807) is 0 Å². The van der Waals surface area contributed by atoms with Gasteiger partial charge in [-0.25, -0.2) is 4.39 Å². The average Bonchev–Trinajstić information content (AvgIpc) is 3.33. The van der Waals surface area contributed by atoms with Gasteiger partial charge in [0, 0.05) is 19.7 Å². The lowest BCUT2D eigenvalue weighted by Crippen LogP contribution is -2.41. The zero-order valence-corrected chi connectivity index (χ0v) is 16.7. The van der Waals surface area contributed by atoms with Gasteiger partial charge in [0.2, 0.25) is 0 Å².